The summed E-state index contributed by atoms with van der Waals surface area (Å²) >= 11 is 12.0. The number of anilines is 2. The van der Waals surface area contributed by atoms with Crippen molar-refractivity contribution in [3.8, 4) is 12.0 Å². The van der Waals surface area contributed by atoms with Crippen LogP contribution in [0.15, 0.2) is 97.1 Å². The standard InChI is InChI=1S/C34H38ClF3N6O4.C22H18ClF3N4O3/c1-31(2,3)48-30(46)44-17-15-32(20-44)14-16-43(19-32)27(45)23-6-4-22(5-7-23)18-26-39-28(41-29(40-26)47-21-34(36,37)38)42-33(12-13-33)24-8-10-25(35)11-9-24;23-16-7-5-15(6-8-16)21(9-10-21)30-19-27-17(28-20(29-19)33-12-22(24,25)26)11-13-1-3-14(4-2-13)18(31)32/h4-11H,12-21H2,1-3H3,(H,39,40,41,42);1-8H,9-12H2,(H,31,32)(H,27,28,29,30). The van der Waals surface area contributed by atoms with E-state index in [0.717, 1.165) is 55.2 Å². The van der Waals surface area contributed by atoms with Crippen LogP contribution in [-0.4, -0.2) is 120 Å². The third-order valence-corrected chi connectivity index (χ3v) is 14.5. The second-order valence-electron chi connectivity index (χ2n) is 21.6. The number of carboxylic acid groups (broad SMARTS) is 1. The molecule has 81 heavy (non-hydrogen) atoms. The molecule has 1 unspecified atom stereocenters. The largest absolute Gasteiger partial charge is 0.478 e. The average Bonchev–Trinajstić information content (AvgIpc) is 4.37. The lowest BCUT2D eigenvalue weighted by Gasteiger charge is -2.27. The Hall–Kier alpha value is -7.53. The maximum Gasteiger partial charge on any atom is 0.422 e. The minimum absolute atomic E-state index is 0.0896. The zero-order valence-corrected chi connectivity index (χ0v) is 45.6. The summed E-state index contributed by atoms with van der Waals surface area (Å²) in [4.78, 5) is 65.8. The summed E-state index contributed by atoms with van der Waals surface area (Å²) in [7, 11) is 0. The smallest absolute Gasteiger partial charge is 0.422 e. The van der Waals surface area contributed by atoms with Gasteiger partial charge in [-0.15, -0.1) is 0 Å². The number of hydrogen-bond acceptors (Lipinski definition) is 14. The number of hydrogen-bond donors (Lipinski definition) is 3. The van der Waals surface area contributed by atoms with Crippen LogP contribution in [0.25, 0.3) is 0 Å². The fourth-order valence-corrected chi connectivity index (χ4v) is 9.86. The van der Waals surface area contributed by atoms with E-state index < -0.39 is 60.2 Å². The molecule has 3 N–H and O–H groups in total. The van der Waals surface area contributed by atoms with Gasteiger partial charge in [-0.05, 0) is 130 Å². The number of carboxylic acids is 1. The highest BCUT2D eigenvalue weighted by molar-refractivity contribution is 6.30. The van der Waals surface area contributed by atoms with Crippen molar-refractivity contribution >= 4 is 53.1 Å². The highest BCUT2D eigenvalue weighted by atomic mass is 35.5. The van der Waals surface area contributed by atoms with Crippen LogP contribution in [0.4, 0.5) is 43.0 Å². The minimum Gasteiger partial charge on any atom is -0.478 e. The molecule has 2 saturated heterocycles. The van der Waals surface area contributed by atoms with Gasteiger partial charge < -0.3 is 39.8 Å². The van der Waals surface area contributed by atoms with Crippen LogP contribution in [0.5, 0.6) is 12.0 Å². The summed E-state index contributed by atoms with van der Waals surface area (Å²) in [5.74, 6) is -0.565. The van der Waals surface area contributed by atoms with Crippen molar-refractivity contribution in [2.75, 3.05) is 50.0 Å². The fraction of sp³-hybridized carbons (Fsp3) is 0.411. The van der Waals surface area contributed by atoms with Crippen LogP contribution < -0.4 is 20.1 Å². The zero-order chi connectivity index (χ0) is 58.0. The van der Waals surface area contributed by atoms with E-state index in [1.807, 2.05) is 49.9 Å². The van der Waals surface area contributed by atoms with Crippen molar-refractivity contribution in [3.63, 3.8) is 0 Å². The predicted octanol–water partition coefficient (Wildman–Crippen LogP) is 11.5. The molecule has 0 radical (unpaired) electrons. The Morgan fingerprint density at radius 1 is 0.568 bits per heavy atom. The van der Waals surface area contributed by atoms with E-state index in [1.54, 1.807) is 65.6 Å². The highest BCUT2D eigenvalue weighted by Gasteiger charge is 2.48. The molecule has 4 aromatic carbocycles. The normalized spacial score (nSPS) is 17.9. The summed E-state index contributed by atoms with van der Waals surface area (Å²) in [6.07, 6.45) is -4.36. The van der Waals surface area contributed by atoms with Crippen LogP contribution in [0, 0.1) is 5.41 Å². The van der Waals surface area contributed by atoms with E-state index >= 15 is 0 Å². The molecule has 1 spiro atoms. The van der Waals surface area contributed by atoms with Gasteiger partial charge in [0, 0.05) is 60.0 Å². The molecule has 25 heteroatoms. The Morgan fingerprint density at radius 3 is 1.37 bits per heavy atom. The number of amides is 2. The molecule has 4 heterocycles. The zero-order valence-electron chi connectivity index (χ0n) is 44.1. The monoisotopic (exact) mass is 1160 g/mol. The molecule has 2 amide bonds. The van der Waals surface area contributed by atoms with Crippen molar-refractivity contribution in [1.29, 1.82) is 0 Å². The molecule has 4 fully saturated rings. The van der Waals surface area contributed by atoms with E-state index in [4.69, 9.17) is 42.5 Å². The minimum atomic E-state index is -4.56. The number of rotatable bonds is 16. The first-order chi connectivity index (χ1) is 38.2. The number of aromatic carboxylic acids is 1. The van der Waals surface area contributed by atoms with Gasteiger partial charge >= 0.3 is 36.4 Å². The van der Waals surface area contributed by atoms with Crippen molar-refractivity contribution in [1.82, 2.24) is 39.7 Å². The average molecular weight is 1170 g/mol. The van der Waals surface area contributed by atoms with Crippen LogP contribution in [0.2, 0.25) is 10.0 Å². The van der Waals surface area contributed by atoms with Gasteiger partial charge in [-0.2, -0.15) is 56.2 Å². The molecule has 2 aromatic heterocycles. The van der Waals surface area contributed by atoms with E-state index in [2.05, 4.69) is 40.5 Å². The van der Waals surface area contributed by atoms with Gasteiger partial charge in [0.05, 0.1) is 16.6 Å². The number of nitrogens with one attached hydrogen (secondary N) is 2. The third kappa shape index (κ3) is 15.7. The van der Waals surface area contributed by atoms with Gasteiger partial charge in [0.15, 0.2) is 13.2 Å². The van der Waals surface area contributed by atoms with E-state index in [1.165, 1.54) is 12.1 Å². The molecule has 4 aliphatic rings. The summed E-state index contributed by atoms with van der Waals surface area (Å²) in [5.41, 5.74) is 2.35. The molecule has 6 aromatic rings. The quantitative estimate of drug-likeness (QED) is 0.0771. The number of nitrogens with zero attached hydrogens (tertiary/aromatic N) is 8. The van der Waals surface area contributed by atoms with Gasteiger partial charge in [-0.1, -0.05) is 71.7 Å². The number of halogens is 8. The van der Waals surface area contributed by atoms with E-state index in [9.17, 15) is 40.7 Å². The van der Waals surface area contributed by atoms with Crippen LogP contribution >= 0.6 is 23.2 Å². The summed E-state index contributed by atoms with van der Waals surface area (Å²) in [5, 5.41) is 16.7. The van der Waals surface area contributed by atoms with Crippen molar-refractivity contribution in [2.45, 2.75) is 101 Å². The summed E-state index contributed by atoms with van der Waals surface area (Å²) < 4.78 is 92.1. The SMILES string of the molecule is CC(C)(C)OC(=O)N1CCC2(CCN(C(=O)c3ccc(Cc4nc(NC5(c6ccc(Cl)cc6)CC5)nc(OCC(F)(F)F)n4)cc3)C2)C1.O=C(O)c1ccc(Cc2nc(NC3(c4ccc(Cl)cc4)CC3)nc(OCC(F)(F)F)n2)cc1. The highest BCUT2D eigenvalue weighted by Crippen LogP contribution is 2.49. The van der Waals surface area contributed by atoms with Crippen molar-refractivity contribution in [3.05, 3.63) is 152 Å². The van der Waals surface area contributed by atoms with Crippen LogP contribution in [0.3, 0.4) is 0 Å². The number of likely N-dealkylation sites (tertiary alicyclic amines) is 2. The molecule has 17 nitrogen and oxygen atoms in total. The maximum absolute atomic E-state index is 13.4. The molecular weight excluding hydrogens is 1110 g/mol. The molecule has 2 aliphatic carbocycles. The molecule has 428 valence electrons. The molecular formula is C56H56Cl2F6N10O7. The second kappa shape index (κ2) is 23.1. The lowest BCUT2D eigenvalue weighted by Crippen LogP contribution is -2.38. The van der Waals surface area contributed by atoms with Gasteiger partial charge in [-0.3, -0.25) is 4.79 Å². The van der Waals surface area contributed by atoms with Crippen LogP contribution in [0.1, 0.15) is 114 Å². The maximum atomic E-state index is 13.4. The Labute approximate surface area is 471 Å². The predicted molar refractivity (Wildman–Crippen MR) is 286 cm³/mol. The van der Waals surface area contributed by atoms with Gasteiger partial charge in [0.1, 0.15) is 17.2 Å². The van der Waals surface area contributed by atoms with Gasteiger partial charge in [0.25, 0.3) is 5.91 Å². The fourth-order valence-electron chi connectivity index (χ4n) is 9.61. The number of carbonyl (C=O) groups excluding carboxylic acids is 2. The van der Waals surface area contributed by atoms with E-state index in [-0.39, 0.29) is 59.4 Å². The van der Waals surface area contributed by atoms with Crippen molar-refractivity contribution < 1.29 is 60.0 Å². The first kappa shape index (κ1) is 58.1. The number of carbonyl (C=O) groups is 3. The van der Waals surface area contributed by atoms with E-state index in [0.29, 0.717) is 47.4 Å². The molecule has 2 aliphatic heterocycles. The Kier molecular flexibility index (Phi) is 16.6. The lowest BCUT2D eigenvalue weighted by molar-refractivity contribution is -0.155. The Morgan fingerprint density at radius 2 is 0.975 bits per heavy atom. The second-order valence-corrected chi connectivity index (χ2v) is 22.5. The number of benzene rings is 4. The number of alkyl halides is 6. The number of ether oxygens (including phenoxy) is 3. The number of aromatic nitrogens is 6. The molecule has 1 atom stereocenters. The Balaban J connectivity index is 0.000000210. The topological polar surface area (TPSA) is 207 Å². The van der Waals surface area contributed by atoms with Gasteiger partial charge in [-0.25, -0.2) is 9.59 Å². The molecule has 10 rings (SSSR count). The lowest BCUT2D eigenvalue weighted by atomic mass is 9.86. The molecule has 0 bridgehead atoms. The Bertz CT molecular complexity index is 3240. The van der Waals surface area contributed by atoms with Gasteiger partial charge in [0.2, 0.25) is 11.9 Å². The first-order valence-corrected chi connectivity index (χ1v) is 26.6. The summed E-state index contributed by atoms with van der Waals surface area (Å²) in [6, 6.07) is 26.8. The summed E-state index contributed by atoms with van der Waals surface area (Å²) in [6.45, 7) is 4.77. The third-order valence-electron chi connectivity index (χ3n) is 14.0. The molecule has 2 saturated carbocycles. The van der Waals surface area contributed by atoms with Crippen molar-refractivity contribution in [2.24, 2.45) is 5.41 Å². The van der Waals surface area contributed by atoms with Crippen LogP contribution in [-0.2, 0) is 28.7 Å². The first-order valence-electron chi connectivity index (χ1n) is 25.9.